The van der Waals surface area contributed by atoms with E-state index in [9.17, 15) is 4.79 Å². The van der Waals surface area contributed by atoms with Crippen molar-refractivity contribution in [2.45, 2.75) is 27.2 Å². The van der Waals surface area contributed by atoms with E-state index in [1.165, 1.54) is 5.54 Å². The predicted octanol–water partition coefficient (Wildman–Crippen LogP) is 3.77. The second-order valence-corrected chi connectivity index (χ2v) is 6.16. The normalized spacial score (nSPS) is 12.3. The van der Waals surface area contributed by atoms with Crippen molar-refractivity contribution in [3.05, 3.63) is 40.9 Å². The lowest BCUT2D eigenvalue weighted by Crippen LogP contribution is -2.13. The van der Waals surface area contributed by atoms with E-state index in [4.69, 9.17) is 22.1 Å². The van der Waals surface area contributed by atoms with E-state index in [0.29, 0.717) is 30.9 Å². The molecular weight excluding hydrogens is 274 g/mol. The number of hydrogen-bond donors (Lipinski definition) is 1. The minimum absolute atomic E-state index is 0.00652. The first-order chi connectivity index (χ1) is 9.35. The first kappa shape index (κ1) is 16.7. The second kappa shape index (κ2) is 7.46. The number of ketones is 1. The molecule has 0 amide bonds. The smallest absolute Gasteiger partial charge is 0.163 e. The van der Waals surface area contributed by atoms with Crippen LogP contribution in [0.2, 0.25) is 0 Å². The predicted molar refractivity (Wildman–Crippen MR) is 83.3 cm³/mol. The minimum atomic E-state index is -0.00652. The molecule has 0 unspecified atom stereocenters. The highest BCUT2D eigenvalue weighted by molar-refractivity contribution is 6.25. The van der Waals surface area contributed by atoms with Crippen molar-refractivity contribution in [3.8, 4) is 5.75 Å². The van der Waals surface area contributed by atoms with Gasteiger partial charge in [-0.3, -0.25) is 4.79 Å². The summed E-state index contributed by atoms with van der Waals surface area (Å²) < 4.78 is 5.54. The van der Waals surface area contributed by atoms with Gasteiger partial charge in [-0.1, -0.05) is 32.4 Å². The van der Waals surface area contributed by atoms with Crippen LogP contribution < -0.4 is 10.5 Å². The van der Waals surface area contributed by atoms with Gasteiger partial charge in [-0.25, -0.2) is 0 Å². The van der Waals surface area contributed by atoms with Gasteiger partial charge in [0.05, 0.1) is 0 Å². The Hall–Kier alpha value is -1.32. The van der Waals surface area contributed by atoms with Gasteiger partial charge in [-0.2, -0.15) is 0 Å². The highest BCUT2D eigenvalue weighted by Crippen LogP contribution is 2.22. The van der Waals surface area contributed by atoms with Gasteiger partial charge < -0.3 is 10.5 Å². The number of Topliss-reactive ketones (excluding diaryl/α,β-unsaturated/α-hetero) is 1. The number of carbonyl (C=O) groups excluding carboxylic acids is 1. The van der Waals surface area contributed by atoms with Crippen molar-refractivity contribution in [2.75, 3.05) is 13.2 Å². The number of rotatable bonds is 6. The molecule has 0 fully saturated rings. The van der Waals surface area contributed by atoms with Gasteiger partial charge in [0.15, 0.2) is 5.78 Å². The SMILES string of the molecule is CC(C)(C)CC(=O)c1ccc(OC/C(=C/Cl)CN)cc1. The summed E-state index contributed by atoms with van der Waals surface area (Å²) in [5.74, 6) is 0.842. The van der Waals surface area contributed by atoms with Gasteiger partial charge in [0.25, 0.3) is 0 Å². The minimum Gasteiger partial charge on any atom is -0.489 e. The molecule has 0 aliphatic carbocycles. The molecule has 0 saturated carbocycles. The van der Waals surface area contributed by atoms with Gasteiger partial charge >= 0.3 is 0 Å². The van der Waals surface area contributed by atoms with Crippen LogP contribution in [0.1, 0.15) is 37.6 Å². The lowest BCUT2D eigenvalue weighted by molar-refractivity contribution is 0.0940. The van der Waals surface area contributed by atoms with E-state index in [0.717, 1.165) is 5.57 Å². The van der Waals surface area contributed by atoms with Crippen LogP contribution in [-0.2, 0) is 0 Å². The van der Waals surface area contributed by atoms with E-state index in [-0.39, 0.29) is 11.2 Å². The van der Waals surface area contributed by atoms with Crippen LogP contribution >= 0.6 is 11.6 Å². The van der Waals surface area contributed by atoms with E-state index < -0.39 is 0 Å². The monoisotopic (exact) mass is 295 g/mol. The Morgan fingerprint density at radius 2 is 1.90 bits per heavy atom. The summed E-state index contributed by atoms with van der Waals surface area (Å²) in [5.41, 5.74) is 8.44. The zero-order chi connectivity index (χ0) is 15.2. The molecule has 20 heavy (non-hydrogen) atoms. The number of hydrogen-bond acceptors (Lipinski definition) is 3. The Kier molecular flexibility index (Phi) is 6.24. The summed E-state index contributed by atoms with van der Waals surface area (Å²) in [7, 11) is 0. The fraction of sp³-hybridized carbons (Fsp3) is 0.438. The van der Waals surface area contributed by atoms with Crippen LogP contribution in [0.25, 0.3) is 0 Å². The second-order valence-electron chi connectivity index (χ2n) is 5.95. The molecular formula is C16H22ClNO2. The molecule has 0 spiro atoms. The van der Waals surface area contributed by atoms with Crippen molar-refractivity contribution in [2.24, 2.45) is 11.1 Å². The van der Waals surface area contributed by atoms with Gasteiger partial charge in [0, 0.05) is 24.1 Å². The first-order valence-corrected chi connectivity index (χ1v) is 7.03. The van der Waals surface area contributed by atoms with Crippen LogP contribution in [-0.4, -0.2) is 18.9 Å². The number of nitrogens with two attached hydrogens (primary N) is 1. The lowest BCUT2D eigenvalue weighted by Gasteiger charge is -2.16. The van der Waals surface area contributed by atoms with E-state index in [2.05, 4.69) is 20.8 Å². The number of ether oxygens (including phenoxy) is 1. The fourth-order valence-electron chi connectivity index (χ4n) is 1.63. The topological polar surface area (TPSA) is 52.3 Å². The number of benzene rings is 1. The molecule has 0 aliphatic heterocycles. The molecule has 3 nitrogen and oxygen atoms in total. The largest absolute Gasteiger partial charge is 0.489 e. The summed E-state index contributed by atoms with van der Waals surface area (Å²) in [5, 5.41) is 0. The van der Waals surface area contributed by atoms with Crippen molar-refractivity contribution in [3.63, 3.8) is 0 Å². The molecule has 110 valence electrons. The summed E-state index contributed by atoms with van der Waals surface area (Å²) >= 11 is 5.60. The van der Waals surface area contributed by atoms with E-state index in [1.54, 1.807) is 24.3 Å². The zero-order valence-corrected chi connectivity index (χ0v) is 13.0. The maximum atomic E-state index is 12.0. The Labute approximate surface area is 125 Å². The van der Waals surface area contributed by atoms with Gasteiger partial charge in [0.1, 0.15) is 12.4 Å². The highest BCUT2D eigenvalue weighted by Gasteiger charge is 2.17. The summed E-state index contributed by atoms with van der Waals surface area (Å²) in [6.45, 7) is 6.88. The van der Waals surface area contributed by atoms with Crippen molar-refractivity contribution in [1.29, 1.82) is 0 Å². The average Bonchev–Trinajstić information content (AvgIpc) is 2.38. The molecule has 0 aromatic heterocycles. The van der Waals surface area contributed by atoms with Gasteiger partial charge in [-0.05, 0) is 35.3 Å². The van der Waals surface area contributed by atoms with Crippen LogP contribution in [0.5, 0.6) is 5.75 Å². The molecule has 1 rings (SSSR count). The summed E-state index contributed by atoms with van der Waals surface area (Å²) in [6, 6.07) is 7.16. The Bertz CT molecular complexity index is 472. The lowest BCUT2D eigenvalue weighted by atomic mass is 9.88. The third-order valence-corrected chi connectivity index (χ3v) is 3.02. The molecule has 0 radical (unpaired) electrons. The maximum Gasteiger partial charge on any atom is 0.163 e. The summed E-state index contributed by atoms with van der Waals surface area (Å²) in [4.78, 5) is 12.0. The van der Waals surface area contributed by atoms with Crippen LogP contribution in [0.15, 0.2) is 35.4 Å². The first-order valence-electron chi connectivity index (χ1n) is 6.60. The Balaban J connectivity index is 2.63. The van der Waals surface area contributed by atoms with E-state index >= 15 is 0 Å². The molecule has 1 aromatic rings. The van der Waals surface area contributed by atoms with E-state index in [1.807, 2.05) is 0 Å². The average molecular weight is 296 g/mol. The molecule has 0 bridgehead atoms. The quantitative estimate of drug-likeness (QED) is 0.813. The van der Waals surface area contributed by atoms with Crippen molar-refractivity contribution in [1.82, 2.24) is 0 Å². The number of carbonyl (C=O) groups is 1. The number of halogens is 1. The van der Waals surface area contributed by atoms with Crippen LogP contribution in [0, 0.1) is 5.41 Å². The third-order valence-electron chi connectivity index (χ3n) is 2.71. The van der Waals surface area contributed by atoms with Crippen LogP contribution in [0.3, 0.4) is 0 Å². The highest BCUT2D eigenvalue weighted by atomic mass is 35.5. The van der Waals surface area contributed by atoms with Crippen molar-refractivity contribution >= 4 is 17.4 Å². The molecule has 4 heteroatoms. The third kappa shape index (κ3) is 5.76. The maximum absolute atomic E-state index is 12.0. The molecule has 1 aromatic carbocycles. The molecule has 2 N–H and O–H groups in total. The molecule has 0 saturated heterocycles. The van der Waals surface area contributed by atoms with Gasteiger partial charge in [0.2, 0.25) is 0 Å². The Morgan fingerprint density at radius 3 is 2.35 bits per heavy atom. The fourth-order valence-corrected chi connectivity index (χ4v) is 1.78. The van der Waals surface area contributed by atoms with Crippen molar-refractivity contribution < 1.29 is 9.53 Å². The van der Waals surface area contributed by atoms with Gasteiger partial charge in [-0.15, -0.1) is 0 Å². The van der Waals surface area contributed by atoms with Crippen LogP contribution in [0.4, 0.5) is 0 Å². The molecule has 0 heterocycles. The molecule has 0 aliphatic rings. The standard InChI is InChI=1S/C16H22ClNO2/c1-16(2,3)8-15(19)13-4-6-14(7-5-13)20-11-12(9-17)10-18/h4-7,9H,8,10-11,18H2,1-3H3/b12-9+. The zero-order valence-electron chi connectivity index (χ0n) is 12.3. The summed E-state index contributed by atoms with van der Waals surface area (Å²) in [6.07, 6.45) is 0.527. The Morgan fingerprint density at radius 1 is 1.30 bits per heavy atom. The molecule has 0 atom stereocenters.